The van der Waals surface area contributed by atoms with Crippen LogP contribution in [0.3, 0.4) is 0 Å². The van der Waals surface area contributed by atoms with E-state index in [4.69, 9.17) is 0 Å². The summed E-state index contributed by atoms with van der Waals surface area (Å²) in [6.45, 7) is 1.51. The highest BCUT2D eigenvalue weighted by molar-refractivity contribution is 5.46. The molecular weight excluding hydrogens is 319 g/mol. The molecule has 3 aliphatic rings. The topological polar surface area (TPSA) is 66.8 Å². The fourth-order valence-corrected chi connectivity index (χ4v) is 3.51. The normalized spacial score (nSPS) is 23.1. The quantitative estimate of drug-likeness (QED) is 0.903. The van der Waals surface area contributed by atoms with Gasteiger partial charge in [0, 0.05) is 37.2 Å². The van der Waals surface area contributed by atoms with Gasteiger partial charge in [-0.25, -0.2) is 24.3 Å². The molecule has 2 aromatic rings. The molecule has 1 N–H and O–H groups in total. The van der Waals surface area contributed by atoms with E-state index in [1.807, 2.05) is 17.2 Å². The van der Waals surface area contributed by atoms with Gasteiger partial charge in [-0.1, -0.05) is 0 Å². The molecule has 3 fully saturated rings. The summed E-state index contributed by atoms with van der Waals surface area (Å²) in [5, 5.41) is 3.47. The minimum atomic E-state index is -0.233. The number of halogens is 1. The molecule has 0 bridgehead atoms. The molecule has 0 aromatic carbocycles. The molecule has 0 radical (unpaired) electrons. The van der Waals surface area contributed by atoms with Gasteiger partial charge in [-0.2, -0.15) is 0 Å². The van der Waals surface area contributed by atoms with Crippen LogP contribution in [0.25, 0.3) is 0 Å². The van der Waals surface area contributed by atoms with E-state index in [0.29, 0.717) is 23.3 Å². The van der Waals surface area contributed by atoms with Crippen molar-refractivity contribution in [1.82, 2.24) is 19.9 Å². The van der Waals surface area contributed by atoms with Crippen LogP contribution in [0.15, 0.2) is 18.6 Å². The lowest BCUT2D eigenvalue weighted by Gasteiger charge is -2.19. The number of nitrogens with one attached hydrogen (secondary N) is 1. The summed E-state index contributed by atoms with van der Waals surface area (Å²) in [5.41, 5.74) is 0.589. The molecular formula is C18H21FN6. The second-order valence-electron chi connectivity index (χ2n) is 7.32. The highest BCUT2D eigenvalue weighted by Gasteiger charge is 2.33. The number of nitrogens with zero attached hydrogens (tertiary/aromatic N) is 5. The molecule has 2 aliphatic carbocycles. The second-order valence-corrected chi connectivity index (χ2v) is 7.32. The van der Waals surface area contributed by atoms with Crippen LogP contribution < -0.4 is 10.2 Å². The van der Waals surface area contributed by atoms with Gasteiger partial charge in [-0.3, -0.25) is 0 Å². The lowest BCUT2D eigenvalue weighted by Crippen LogP contribution is -2.28. The molecule has 25 heavy (non-hydrogen) atoms. The Bertz CT molecular complexity index is 789. The maximum absolute atomic E-state index is 14.7. The zero-order valence-corrected chi connectivity index (χ0v) is 14.0. The summed E-state index contributed by atoms with van der Waals surface area (Å²) in [5.74, 6) is 2.85. The second kappa shape index (κ2) is 5.89. The van der Waals surface area contributed by atoms with E-state index < -0.39 is 0 Å². The van der Waals surface area contributed by atoms with Gasteiger partial charge in [-0.15, -0.1) is 0 Å². The average Bonchev–Trinajstić information content (AvgIpc) is 3.54. The maximum Gasteiger partial charge on any atom is 0.187 e. The van der Waals surface area contributed by atoms with Gasteiger partial charge < -0.3 is 10.2 Å². The largest absolute Gasteiger partial charge is 0.365 e. The Balaban J connectivity index is 1.28. The van der Waals surface area contributed by atoms with Crippen molar-refractivity contribution in [2.75, 3.05) is 23.3 Å². The summed E-state index contributed by atoms with van der Waals surface area (Å²) in [6.07, 6.45) is 8.71. The predicted octanol–water partition coefficient (Wildman–Crippen LogP) is 2.85. The van der Waals surface area contributed by atoms with Crippen LogP contribution in [0.4, 0.5) is 16.0 Å². The molecule has 1 saturated heterocycles. The third kappa shape index (κ3) is 3.03. The van der Waals surface area contributed by atoms with Gasteiger partial charge in [-0.05, 0) is 38.2 Å². The minimum absolute atomic E-state index is 0.233. The maximum atomic E-state index is 14.7. The summed E-state index contributed by atoms with van der Waals surface area (Å²) in [7, 11) is 0. The summed E-state index contributed by atoms with van der Waals surface area (Å²) >= 11 is 0. The monoisotopic (exact) mass is 340 g/mol. The van der Waals surface area contributed by atoms with Gasteiger partial charge >= 0.3 is 0 Å². The molecule has 5 rings (SSSR count). The van der Waals surface area contributed by atoms with Crippen LogP contribution >= 0.6 is 0 Å². The van der Waals surface area contributed by atoms with Gasteiger partial charge in [0.1, 0.15) is 18.0 Å². The van der Waals surface area contributed by atoms with E-state index >= 15 is 0 Å². The lowest BCUT2D eigenvalue weighted by atomic mass is 10.2. The van der Waals surface area contributed by atoms with Crippen molar-refractivity contribution in [2.45, 2.75) is 50.0 Å². The molecule has 2 saturated carbocycles. The summed E-state index contributed by atoms with van der Waals surface area (Å²) < 4.78 is 14.7. The SMILES string of the molecule is Fc1c(C2CC2)ncnc1N1CCC(Nc2ccnc(C3CC3)n2)C1. The van der Waals surface area contributed by atoms with Gasteiger partial charge in [0.2, 0.25) is 0 Å². The Morgan fingerprint density at radius 1 is 1.04 bits per heavy atom. The number of hydrogen-bond acceptors (Lipinski definition) is 6. The fraction of sp³-hybridized carbons (Fsp3) is 0.556. The average molecular weight is 340 g/mol. The van der Waals surface area contributed by atoms with Crippen molar-refractivity contribution >= 4 is 11.6 Å². The first-order valence-electron chi connectivity index (χ1n) is 9.13. The molecule has 7 heteroatoms. The van der Waals surface area contributed by atoms with Gasteiger partial charge in [0.05, 0.1) is 5.69 Å². The van der Waals surface area contributed by atoms with Crippen molar-refractivity contribution < 1.29 is 4.39 Å². The number of hydrogen-bond donors (Lipinski definition) is 1. The Morgan fingerprint density at radius 2 is 1.88 bits per heavy atom. The van der Waals surface area contributed by atoms with E-state index in [1.54, 1.807) is 0 Å². The fourth-order valence-electron chi connectivity index (χ4n) is 3.51. The first-order chi connectivity index (χ1) is 12.3. The Morgan fingerprint density at radius 3 is 2.68 bits per heavy atom. The zero-order valence-electron chi connectivity index (χ0n) is 14.0. The third-order valence-corrected chi connectivity index (χ3v) is 5.22. The van der Waals surface area contributed by atoms with Crippen LogP contribution in [0, 0.1) is 5.82 Å². The first kappa shape index (κ1) is 15.0. The van der Waals surface area contributed by atoms with Crippen LogP contribution in [0.5, 0.6) is 0 Å². The molecule has 1 aliphatic heterocycles. The van der Waals surface area contributed by atoms with E-state index in [0.717, 1.165) is 44.0 Å². The Hall–Kier alpha value is -2.31. The number of anilines is 2. The zero-order chi connectivity index (χ0) is 16.8. The standard InChI is InChI=1S/C18H21FN6/c19-15-16(11-1-2-11)21-10-22-18(15)25-8-6-13(9-25)23-14-5-7-20-17(24-14)12-3-4-12/h5,7,10-13H,1-4,6,8-9H2,(H,20,23,24). The molecule has 1 unspecified atom stereocenters. The highest BCUT2D eigenvalue weighted by atomic mass is 19.1. The molecule has 130 valence electrons. The Kier molecular flexibility index (Phi) is 3.53. The van der Waals surface area contributed by atoms with E-state index in [1.165, 1.54) is 19.2 Å². The number of rotatable bonds is 5. The van der Waals surface area contributed by atoms with Crippen molar-refractivity contribution in [1.29, 1.82) is 0 Å². The molecule has 0 spiro atoms. The minimum Gasteiger partial charge on any atom is -0.365 e. The van der Waals surface area contributed by atoms with Crippen LogP contribution in [0.1, 0.15) is 55.5 Å². The Labute approximate surface area is 145 Å². The molecule has 1 atom stereocenters. The van der Waals surface area contributed by atoms with Crippen LogP contribution in [0.2, 0.25) is 0 Å². The molecule has 3 heterocycles. The first-order valence-corrected chi connectivity index (χ1v) is 9.13. The van der Waals surface area contributed by atoms with Crippen molar-refractivity contribution in [3.8, 4) is 0 Å². The van der Waals surface area contributed by atoms with E-state index in [-0.39, 0.29) is 11.9 Å². The lowest BCUT2D eigenvalue weighted by molar-refractivity contribution is 0.586. The number of aromatic nitrogens is 4. The van der Waals surface area contributed by atoms with Crippen LogP contribution in [-0.2, 0) is 0 Å². The van der Waals surface area contributed by atoms with Crippen molar-refractivity contribution in [3.05, 3.63) is 35.9 Å². The smallest absolute Gasteiger partial charge is 0.187 e. The predicted molar refractivity (Wildman–Crippen MR) is 92.2 cm³/mol. The van der Waals surface area contributed by atoms with Crippen LogP contribution in [-0.4, -0.2) is 39.1 Å². The van der Waals surface area contributed by atoms with Crippen molar-refractivity contribution in [2.24, 2.45) is 0 Å². The summed E-state index contributed by atoms with van der Waals surface area (Å²) in [6, 6.07) is 2.14. The van der Waals surface area contributed by atoms with Gasteiger partial charge in [0.15, 0.2) is 11.6 Å². The van der Waals surface area contributed by atoms with E-state index in [9.17, 15) is 4.39 Å². The molecule has 6 nitrogen and oxygen atoms in total. The van der Waals surface area contributed by atoms with E-state index in [2.05, 4.69) is 25.3 Å². The summed E-state index contributed by atoms with van der Waals surface area (Å²) in [4.78, 5) is 19.3. The highest BCUT2D eigenvalue weighted by Crippen LogP contribution is 2.41. The molecule has 2 aromatic heterocycles. The molecule has 0 amide bonds. The third-order valence-electron chi connectivity index (χ3n) is 5.22. The van der Waals surface area contributed by atoms with Crippen molar-refractivity contribution in [3.63, 3.8) is 0 Å². The van der Waals surface area contributed by atoms with Gasteiger partial charge in [0.25, 0.3) is 0 Å².